The number of benzene rings is 1. The maximum Gasteiger partial charge on any atom is 0.289 e. The van der Waals surface area contributed by atoms with Crippen molar-refractivity contribution in [1.29, 1.82) is 0 Å². The molecule has 0 unspecified atom stereocenters. The normalized spacial score (nSPS) is 18.4. The van der Waals surface area contributed by atoms with Crippen LogP contribution < -0.4 is 4.74 Å². The summed E-state index contributed by atoms with van der Waals surface area (Å²) < 4.78 is 40.6. The van der Waals surface area contributed by atoms with Gasteiger partial charge in [-0.1, -0.05) is 6.07 Å². The second-order valence-electron chi connectivity index (χ2n) is 7.94. The summed E-state index contributed by atoms with van der Waals surface area (Å²) in [6.07, 6.45) is 4.89. The molecule has 1 aliphatic rings. The topological polar surface area (TPSA) is 69.5 Å². The number of methoxy groups -OCH3 is 1. The van der Waals surface area contributed by atoms with Crippen LogP contribution in [0.1, 0.15) is 36.7 Å². The Balaban J connectivity index is 1.64. The predicted molar refractivity (Wildman–Crippen MR) is 118 cm³/mol. The molecule has 0 radical (unpaired) electrons. The standard InChI is InChI=1S/C24H24F2N4O3/c1-14-11-29(13-27-14)19-7-5-17(9-20(19)32-4)10-21-24(31)30(12-15(2)33-21)16(3)18-6-8-22(25)28-23(18)26/h5-11,13,15-16H,12H2,1-4H3/b21-10-/t15-,16+/m0/s1. The summed E-state index contributed by atoms with van der Waals surface area (Å²) in [6.45, 7) is 5.66. The summed E-state index contributed by atoms with van der Waals surface area (Å²) in [4.78, 5) is 22.2. The first kappa shape index (κ1) is 22.4. The number of nitrogens with zero attached hydrogens (tertiary/aromatic N) is 4. The largest absolute Gasteiger partial charge is 0.495 e. The lowest BCUT2D eigenvalue weighted by Crippen LogP contribution is -2.45. The van der Waals surface area contributed by atoms with Crippen molar-refractivity contribution in [2.24, 2.45) is 0 Å². The van der Waals surface area contributed by atoms with Gasteiger partial charge < -0.3 is 18.9 Å². The van der Waals surface area contributed by atoms with Gasteiger partial charge in [0, 0.05) is 11.8 Å². The van der Waals surface area contributed by atoms with Gasteiger partial charge in [-0.2, -0.15) is 13.8 Å². The van der Waals surface area contributed by atoms with Crippen molar-refractivity contribution in [3.8, 4) is 11.4 Å². The summed E-state index contributed by atoms with van der Waals surface area (Å²) in [7, 11) is 1.57. The van der Waals surface area contributed by atoms with E-state index in [1.54, 1.807) is 32.5 Å². The van der Waals surface area contributed by atoms with Crippen LogP contribution in [0.2, 0.25) is 0 Å². The minimum Gasteiger partial charge on any atom is -0.495 e. The molecule has 1 aliphatic heterocycles. The van der Waals surface area contributed by atoms with Crippen LogP contribution in [0.15, 0.2) is 48.6 Å². The van der Waals surface area contributed by atoms with E-state index in [0.29, 0.717) is 11.3 Å². The molecule has 0 N–H and O–H groups in total. The lowest BCUT2D eigenvalue weighted by Gasteiger charge is -2.37. The molecule has 3 aromatic rings. The van der Waals surface area contributed by atoms with Crippen LogP contribution in [0.5, 0.6) is 5.75 Å². The van der Waals surface area contributed by atoms with Gasteiger partial charge in [0.15, 0.2) is 5.76 Å². The number of pyridine rings is 1. The Morgan fingerprint density at radius 1 is 1.27 bits per heavy atom. The summed E-state index contributed by atoms with van der Waals surface area (Å²) in [5, 5.41) is 0. The number of morpholine rings is 1. The van der Waals surface area contributed by atoms with Gasteiger partial charge in [0.1, 0.15) is 11.9 Å². The molecule has 0 bridgehead atoms. The minimum absolute atomic E-state index is 0.129. The van der Waals surface area contributed by atoms with Gasteiger partial charge in [-0.05, 0) is 56.7 Å². The molecular formula is C24H24F2N4O3. The van der Waals surface area contributed by atoms with Gasteiger partial charge >= 0.3 is 0 Å². The maximum atomic E-state index is 14.2. The number of ether oxygens (including phenoxy) is 2. The number of rotatable bonds is 5. The Labute approximate surface area is 190 Å². The predicted octanol–water partition coefficient (Wildman–Crippen LogP) is 4.21. The van der Waals surface area contributed by atoms with Crippen molar-refractivity contribution in [3.63, 3.8) is 0 Å². The van der Waals surface area contributed by atoms with Crippen molar-refractivity contribution < 1.29 is 23.0 Å². The number of halogens is 2. The highest BCUT2D eigenvalue weighted by Gasteiger charge is 2.34. The van der Waals surface area contributed by atoms with Crippen molar-refractivity contribution in [3.05, 3.63) is 77.3 Å². The quantitative estimate of drug-likeness (QED) is 0.427. The van der Waals surface area contributed by atoms with Crippen molar-refractivity contribution in [2.75, 3.05) is 13.7 Å². The first-order chi connectivity index (χ1) is 15.8. The molecule has 0 aliphatic carbocycles. The lowest BCUT2D eigenvalue weighted by atomic mass is 10.1. The van der Waals surface area contributed by atoms with Gasteiger partial charge in [-0.15, -0.1) is 0 Å². The number of imidazole rings is 1. The summed E-state index contributed by atoms with van der Waals surface area (Å²) in [5.74, 6) is -1.51. The fourth-order valence-corrected chi connectivity index (χ4v) is 3.84. The van der Waals surface area contributed by atoms with E-state index in [2.05, 4.69) is 9.97 Å². The van der Waals surface area contributed by atoms with Gasteiger partial charge in [0.05, 0.1) is 37.4 Å². The molecule has 2 atom stereocenters. The lowest BCUT2D eigenvalue weighted by molar-refractivity contribution is -0.141. The number of hydrogen-bond donors (Lipinski definition) is 0. The fourth-order valence-electron chi connectivity index (χ4n) is 3.84. The van der Waals surface area contributed by atoms with Crippen LogP contribution in [-0.2, 0) is 9.53 Å². The number of aromatic nitrogens is 3. The average Bonchev–Trinajstić information content (AvgIpc) is 3.21. The van der Waals surface area contributed by atoms with Crippen LogP contribution in [-0.4, -0.2) is 45.1 Å². The highest BCUT2D eigenvalue weighted by molar-refractivity contribution is 5.96. The fraction of sp³-hybridized carbons (Fsp3) is 0.292. The van der Waals surface area contributed by atoms with Crippen LogP contribution >= 0.6 is 0 Å². The van der Waals surface area contributed by atoms with E-state index >= 15 is 0 Å². The summed E-state index contributed by atoms with van der Waals surface area (Å²) in [6, 6.07) is 7.24. The summed E-state index contributed by atoms with van der Waals surface area (Å²) >= 11 is 0. The Kier molecular flexibility index (Phi) is 6.13. The first-order valence-electron chi connectivity index (χ1n) is 10.5. The van der Waals surface area contributed by atoms with Crippen molar-refractivity contribution in [1.82, 2.24) is 19.4 Å². The van der Waals surface area contributed by atoms with Crippen LogP contribution in [0.4, 0.5) is 8.78 Å². The van der Waals surface area contributed by atoms with E-state index in [4.69, 9.17) is 9.47 Å². The minimum atomic E-state index is -0.935. The molecule has 172 valence electrons. The van der Waals surface area contributed by atoms with Gasteiger partial charge in [-0.3, -0.25) is 4.79 Å². The van der Waals surface area contributed by atoms with E-state index in [-0.39, 0.29) is 24.0 Å². The molecule has 1 saturated heterocycles. The van der Waals surface area contributed by atoms with Crippen molar-refractivity contribution >= 4 is 12.0 Å². The number of carbonyl (C=O) groups is 1. The van der Waals surface area contributed by atoms with Gasteiger partial charge in [0.2, 0.25) is 11.9 Å². The van der Waals surface area contributed by atoms with Crippen LogP contribution in [0, 0.1) is 18.8 Å². The number of aryl methyl sites for hydroxylation is 1. The highest BCUT2D eigenvalue weighted by atomic mass is 19.1. The molecule has 1 aromatic carbocycles. The molecule has 7 nitrogen and oxygen atoms in total. The molecule has 4 rings (SSSR count). The van der Waals surface area contributed by atoms with Crippen molar-refractivity contribution in [2.45, 2.75) is 32.9 Å². The number of amides is 1. The molecule has 2 aromatic heterocycles. The number of hydrogen-bond acceptors (Lipinski definition) is 5. The summed E-state index contributed by atoms with van der Waals surface area (Å²) in [5.41, 5.74) is 2.52. The second-order valence-corrected chi connectivity index (χ2v) is 7.94. The van der Waals surface area contributed by atoms with Crippen LogP contribution in [0.3, 0.4) is 0 Å². The molecule has 9 heteroatoms. The average molecular weight is 454 g/mol. The Morgan fingerprint density at radius 3 is 2.73 bits per heavy atom. The van der Waals surface area contributed by atoms with E-state index < -0.39 is 23.8 Å². The second kappa shape index (κ2) is 9.01. The number of carbonyl (C=O) groups excluding carboxylic acids is 1. The third-order valence-electron chi connectivity index (χ3n) is 5.51. The van der Waals surface area contributed by atoms with E-state index in [9.17, 15) is 13.6 Å². The molecule has 1 fully saturated rings. The molecule has 3 heterocycles. The zero-order chi connectivity index (χ0) is 23.7. The molecule has 0 saturated carbocycles. The molecular weight excluding hydrogens is 430 g/mol. The van der Waals surface area contributed by atoms with E-state index in [1.807, 2.05) is 36.7 Å². The Morgan fingerprint density at radius 2 is 2.06 bits per heavy atom. The third-order valence-corrected chi connectivity index (χ3v) is 5.51. The van der Waals surface area contributed by atoms with Gasteiger partial charge in [-0.25, -0.2) is 4.98 Å². The molecule has 0 spiro atoms. The van der Waals surface area contributed by atoms with Gasteiger partial charge in [0.25, 0.3) is 5.91 Å². The first-order valence-corrected chi connectivity index (χ1v) is 10.5. The van der Waals surface area contributed by atoms with Crippen LogP contribution in [0.25, 0.3) is 11.8 Å². The SMILES string of the molecule is COc1cc(/C=C2\O[C@@H](C)CN([C@H](C)c3ccc(F)nc3F)C2=O)ccc1-n1cnc(C)c1. The maximum absolute atomic E-state index is 14.2. The third kappa shape index (κ3) is 4.57. The zero-order valence-corrected chi connectivity index (χ0v) is 18.8. The zero-order valence-electron chi connectivity index (χ0n) is 18.8. The monoisotopic (exact) mass is 454 g/mol. The smallest absolute Gasteiger partial charge is 0.289 e. The molecule has 33 heavy (non-hydrogen) atoms. The Bertz CT molecular complexity index is 1220. The van der Waals surface area contributed by atoms with E-state index in [0.717, 1.165) is 17.4 Å². The molecule has 1 amide bonds. The Hall–Kier alpha value is -3.75. The van der Waals surface area contributed by atoms with E-state index in [1.165, 1.54) is 11.0 Å². The highest BCUT2D eigenvalue weighted by Crippen LogP contribution is 2.30.